The van der Waals surface area contributed by atoms with Gasteiger partial charge in [-0.2, -0.15) is 0 Å². The highest BCUT2D eigenvalue weighted by Crippen LogP contribution is 2.40. The second kappa shape index (κ2) is 8.52. The van der Waals surface area contributed by atoms with Crippen molar-refractivity contribution < 1.29 is 28.7 Å². The van der Waals surface area contributed by atoms with Crippen molar-refractivity contribution in [2.45, 2.75) is 50.7 Å². The lowest BCUT2D eigenvalue weighted by atomic mass is 9.84. The van der Waals surface area contributed by atoms with Crippen molar-refractivity contribution in [1.29, 1.82) is 0 Å². The lowest BCUT2D eigenvalue weighted by Crippen LogP contribution is -3.18. The summed E-state index contributed by atoms with van der Waals surface area (Å²) in [6, 6.07) is 7.98. The molecule has 0 aromatic heterocycles. The lowest BCUT2D eigenvalue weighted by molar-refractivity contribution is -0.940. The Hall–Kier alpha value is -2.08. The molecule has 3 heterocycles. The van der Waals surface area contributed by atoms with Crippen LogP contribution in [0.4, 0.5) is 0 Å². The van der Waals surface area contributed by atoms with Crippen LogP contribution < -0.4 is 9.64 Å². The number of quaternary nitrogens is 1. The Balaban J connectivity index is 1.42. The van der Waals surface area contributed by atoms with Gasteiger partial charge in [-0.25, -0.2) is 0 Å². The number of benzene rings is 1. The predicted molar refractivity (Wildman–Crippen MR) is 102 cm³/mol. The zero-order valence-corrected chi connectivity index (χ0v) is 16.5. The van der Waals surface area contributed by atoms with Gasteiger partial charge < -0.3 is 19.1 Å². The Kier molecular flexibility index (Phi) is 5.85. The molecule has 1 aromatic rings. The van der Waals surface area contributed by atoms with Crippen LogP contribution in [-0.2, 0) is 19.1 Å². The summed E-state index contributed by atoms with van der Waals surface area (Å²) in [6.07, 6.45) is 5.55. The number of hydrogen-bond acceptors (Lipinski definition) is 5. The van der Waals surface area contributed by atoms with Crippen LogP contribution in [0.3, 0.4) is 0 Å². The van der Waals surface area contributed by atoms with E-state index < -0.39 is 12.0 Å². The van der Waals surface area contributed by atoms with E-state index in [4.69, 9.17) is 14.2 Å². The van der Waals surface area contributed by atoms with E-state index in [1.165, 1.54) is 38.8 Å². The van der Waals surface area contributed by atoms with Crippen LogP contribution >= 0.6 is 0 Å². The van der Waals surface area contributed by atoms with Crippen molar-refractivity contribution in [2.24, 2.45) is 11.8 Å². The number of esters is 2. The maximum absolute atomic E-state index is 12.9. The van der Waals surface area contributed by atoms with E-state index in [1.54, 1.807) is 12.0 Å². The van der Waals surface area contributed by atoms with E-state index in [0.29, 0.717) is 24.3 Å². The van der Waals surface area contributed by atoms with E-state index in [-0.39, 0.29) is 18.4 Å². The van der Waals surface area contributed by atoms with Gasteiger partial charge >= 0.3 is 11.9 Å². The van der Waals surface area contributed by atoms with Crippen LogP contribution in [0.1, 0.15) is 50.2 Å². The first-order chi connectivity index (χ1) is 13.7. The Morgan fingerprint density at radius 2 is 2.00 bits per heavy atom. The standard InChI is InChI=1S/C22H29NO5/c1-26-19-10-3-2-8-16(19)21-17(13-20(24)28-21)22(25)27-14-15-7-6-12-23-11-5-4-9-18(15)23/h2-3,8,10,15,17-18,21H,4-7,9,11-14H2,1H3/p+1/t15-,17+,18-,21-/m1/s1. The van der Waals surface area contributed by atoms with Gasteiger partial charge in [-0.3, -0.25) is 9.59 Å². The van der Waals surface area contributed by atoms with E-state index in [9.17, 15) is 9.59 Å². The summed E-state index contributed by atoms with van der Waals surface area (Å²) in [5, 5.41) is 0. The van der Waals surface area contributed by atoms with Crippen molar-refractivity contribution in [2.75, 3.05) is 26.8 Å². The molecule has 0 saturated carbocycles. The van der Waals surface area contributed by atoms with Gasteiger partial charge in [0.05, 0.1) is 39.3 Å². The summed E-state index contributed by atoms with van der Waals surface area (Å²) < 4.78 is 16.6. The van der Waals surface area contributed by atoms with E-state index in [1.807, 2.05) is 24.3 Å². The number of carbonyl (C=O) groups is 2. The first kappa shape index (κ1) is 19.2. The van der Waals surface area contributed by atoms with Crippen LogP contribution in [0.5, 0.6) is 5.75 Å². The van der Waals surface area contributed by atoms with Gasteiger partial charge in [0, 0.05) is 11.5 Å². The summed E-state index contributed by atoms with van der Waals surface area (Å²) in [4.78, 5) is 26.5. The molecule has 1 unspecified atom stereocenters. The predicted octanol–water partition coefficient (Wildman–Crippen LogP) is 1.69. The van der Waals surface area contributed by atoms with Crippen LogP contribution in [-0.4, -0.2) is 44.8 Å². The molecular formula is C22H30NO5+. The first-order valence-electron chi connectivity index (χ1n) is 10.5. The smallest absolute Gasteiger partial charge is 0.313 e. The Morgan fingerprint density at radius 3 is 2.86 bits per heavy atom. The number of rotatable bonds is 5. The molecule has 3 saturated heterocycles. The summed E-state index contributed by atoms with van der Waals surface area (Å²) in [5.74, 6) is -0.255. The van der Waals surface area contributed by atoms with Crippen LogP contribution in [0, 0.1) is 11.8 Å². The van der Waals surface area contributed by atoms with Crippen molar-refractivity contribution >= 4 is 11.9 Å². The van der Waals surface area contributed by atoms with Gasteiger partial charge in [-0.15, -0.1) is 0 Å². The number of carbonyl (C=O) groups excluding carboxylic acids is 2. The Morgan fingerprint density at radius 1 is 1.18 bits per heavy atom. The molecule has 0 radical (unpaired) electrons. The maximum atomic E-state index is 12.9. The monoisotopic (exact) mass is 388 g/mol. The quantitative estimate of drug-likeness (QED) is 0.778. The number of nitrogens with one attached hydrogen (secondary N) is 1. The normalized spacial score (nSPS) is 32.3. The number of hydrogen-bond donors (Lipinski definition) is 1. The molecule has 0 spiro atoms. The average molecular weight is 388 g/mol. The molecule has 3 fully saturated rings. The zero-order valence-electron chi connectivity index (χ0n) is 16.5. The van der Waals surface area contributed by atoms with E-state index in [0.717, 1.165) is 12.0 Å². The molecule has 6 nitrogen and oxygen atoms in total. The molecule has 152 valence electrons. The largest absolute Gasteiger partial charge is 0.496 e. The molecule has 0 amide bonds. The number of ether oxygens (including phenoxy) is 3. The highest BCUT2D eigenvalue weighted by molar-refractivity contribution is 5.84. The second-order valence-electron chi connectivity index (χ2n) is 8.26. The van der Waals surface area contributed by atoms with Gasteiger partial charge in [-0.05, 0) is 38.2 Å². The number of cyclic esters (lactones) is 1. The third-order valence-electron chi connectivity index (χ3n) is 6.63. The molecule has 6 heteroatoms. The fourth-order valence-electron chi connectivity index (χ4n) is 5.22. The Bertz CT molecular complexity index is 719. The number of piperidine rings is 2. The second-order valence-corrected chi connectivity index (χ2v) is 8.26. The zero-order chi connectivity index (χ0) is 19.5. The summed E-state index contributed by atoms with van der Waals surface area (Å²) in [7, 11) is 1.57. The molecule has 1 N–H and O–H groups in total. The Labute approximate surface area is 166 Å². The average Bonchev–Trinajstić information content (AvgIpc) is 3.13. The fraction of sp³-hybridized carbons (Fsp3) is 0.636. The minimum Gasteiger partial charge on any atom is -0.496 e. The summed E-state index contributed by atoms with van der Waals surface area (Å²) >= 11 is 0. The van der Waals surface area contributed by atoms with Crippen molar-refractivity contribution in [3.05, 3.63) is 29.8 Å². The van der Waals surface area contributed by atoms with Gasteiger partial charge in [0.1, 0.15) is 17.8 Å². The van der Waals surface area contributed by atoms with Gasteiger partial charge in [0.25, 0.3) is 0 Å². The van der Waals surface area contributed by atoms with E-state index in [2.05, 4.69) is 0 Å². The third-order valence-corrected chi connectivity index (χ3v) is 6.63. The molecule has 3 aliphatic rings. The molecule has 0 aliphatic carbocycles. The van der Waals surface area contributed by atoms with Gasteiger partial charge in [0.15, 0.2) is 0 Å². The summed E-state index contributed by atoms with van der Waals surface area (Å²) in [6.45, 7) is 2.95. The van der Waals surface area contributed by atoms with Crippen LogP contribution in [0.2, 0.25) is 0 Å². The van der Waals surface area contributed by atoms with Gasteiger partial charge in [0.2, 0.25) is 0 Å². The SMILES string of the molecule is COc1ccccc1[C@H]1OC(=O)C[C@@H]1C(=O)OC[C@H]1CCC[NH+]2CCCC[C@H]12. The fourth-order valence-corrected chi connectivity index (χ4v) is 5.22. The third kappa shape index (κ3) is 3.88. The highest BCUT2D eigenvalue weighted by Gasteiger charge is 2.44. The maximum Gasteiger partial charge on any atom is 0.313 e. The minimum atomic E-state index is -0.640. The number of methoxy groups -OCH3 is 1. The lowest BCUT2D eigenvalue weighted by Gasteiger charge is -2.41. The molecule has 28 heavy (non-hydrogen) atoms. The van der Waals surface area contributed by atoms with Crippen molar-refractivity contribution in [3.8, 4) is 5.75 Å². The van der Waals surface area contributed by atoms with Crippen molar-refractivity contribution in [3.63, 3.8) is 0 Å². The molecule has 0 bridgehead atoms. The highest BCUT2D eigenvalue weighted by atomic mass is 16.6. The van der Waals surface area contributed by atoms with Crippen molar-refractivity contribution in [1.82, 2.24) is 0 Å². The number of para-hydroxylation sites is 1. The first-order valence-corrected chi connectivity index (χ1v) is 10.5. The number of fused-ring (bicyclic) bond motifs is 1. The van der Waals surface area contributed by atoms with E-state index >= 15 is 0 Å². The topological polar surface area (TPSA) is 66.3 Å². The van der Waals surface area contributed by atoms with Gasteiger partial charge in [-0.1, -0.05) is 18.2 Å². The molecule has 4 rings (SSSR count). The summed E-state index contributed by atoms with van der Waals surface area (Å²) in [5.41, 5.74) is 0.721. The van der Waals surface area contributed by atoms with Crippen LogP contribution in [0.25, 0.3) is 0 Å². The van der Waals surface area contributed by atoms with Crippen LogP contribution in [0.15, 0.2) is 24.3 Å². The minimum absolute atomic E-state index is 0.0625. The molecule has 1 aromatic carbocycles. The molecule has 3 aliphatic heterocycles. The molecular weight excluding hydrogens is 358 g/mol. The molecule has 5 atom stereocenters.